The first-order valence-electron chi connectivity index (χ1n) is 6.37. The van der Waals surface area contributed by atoms with Gasteiger partial charge < -0.3 is 4.98 Å². The van der Waals surface area contributed by atoms with Gasteiger partial charge in [-0.15, -0.1) is 0 Å². The van der Waals surface area contributed by atoms with Crippen LogP contribution < -0.4 is 0 Å². The maximum atomic E-state index is 6.20. The number of aromatic nitrogens is 2. The second-order valence-electron chi connectivity index (χ2n) is 4.60. The molecular formula is C16H11Cl3N2. The van der Waals surface area contributed by atoms with Crippen LogP contribution in [-0.2, 0) is 6.42 Å². The first-order valence-corrected chi connectivity index (χ1v) is 7.50. The molecule has 0 aliphatic rings. The molecule has 1 aromatic heterocycles. The average Bonchev–Trinajstić information content (AvgIpc) is 2.93. The first kappa shape index (κ1) is 14.5. The number of benzene rings is 2. The van der Waals surface area contributed by atoms with Crippen LogP contribution in [0.4, 0.5) is 0 Å². The zero-order valence-electron chi connectivity index (χ0n) is 10.9. The quantitative estimate of drug-likeness (QED) is 0.659. The fraction of sp³-hybridized carbons (Fsp3) is 0.0625. The Labute approximate surface area is 137 Å². The molecule has 0 fully saturated rings. The van der Waals surface area contributed by atoms with Crippen molar-refractivity contribution in [2.45, 2.75) is 6.42 Å². The molecule has 2 aromatic carbocycles. The fourth-order valence-electron chi connectivity index (χ4n) is 2.12. The Bertz CT molecular complexity index is 781. The Balaban J connectivity index is 1.89. The molecule has 0 aliphatic heterocycles. The van der Waals surface area contributed by atoms with Crippen molar-refractivity contribution in [1.29, 1.82) is 0 Å². The van der Waals surface area contributed by atoms with Crippen LogP contribution in [0.1, 0.15) is 11.4 Å². The maximum absolute atomic E-state index is 6.20. The second-order valence-corrected chi connectivity index (χ2v) is 5.79. The lowest BCUT2D eigenvalue weighted by Gasteiger charge is -2.03. The number of rotatable bonds is 3. The molecule has 0 atom stereocenters. The summed E-state index contributed by atoms with van der Waals surface area (Å²) in [6.45, 7) is 0. The average molecular weight is 338 g/mol. The number of hydrogen-bond acceptors (Lipinski definition) is 1. The van der Waals surface area contributed by atoms with E-state index in [-0.39, 0.29) is 0 Å². The van der Waals surface area contributed by atoms with Crippen molar-refractivity contribution in [3.8, 4) is 11.3 Å². The summed E-state index contributed by atoms with van der Waals surface area (Å²) in [4.78, 5) is 7.72. The largest absolute Gasteiger partial charge is 0.348 e. The molecular weight excluding hydrogens is 327 g/mol. The molecule has 0 spiro atoms. The minimum Gasteiger partial charge on any atom is -0.348 e. The number of halogens is 3. The van der Waals surface area contributed by atoms with E-state index in [4.69, 9.17) is 34.8 Å². The Hall–Kier alpha value is -1.48. The van der Waals surface area contributed by atoms with E-state index in [1.807, 2.05) is 42.6 Å². The molecule has 0 bridgehead atoms. The molecule has 0 saturated carbocycles. The molecule has 21 heavy (non-hydrogen) atoms. The smallest absolute Gasteiger partial charge is 0.111 e. The Morgan fingerprint density at radius 2 is 1.67 bits per heavy atom. The number of nitrogens with one attached hydrogen (secondary N) is 1. The van der Waals surface area contributed by atoms with Gasteiger partial charge in [-0.25, -0.2) is 4.98 Å². The number of aromatic amines is 1. The van der Waals surface area contributed by atoms with E-state index in [1.54, 1.807) is 6.07 Å². The topological polar surface area (TPSA) is 28.7 Å². The van der Waals surface area contributed by atoms with Gasteiger partial charge in [0.05, 0.1) is 20.8 Å². The highest BCUT2D eigenvalue weighted by molar-refractivity contribution is 6.42. The van der Waals surface area contributed by atoms with Gasteiger partial charge in [0.25, 0.3) is 0 Å². The van der Waals surface area contributed by atoms with Gasteiger partial charge in [-0.2, -0.15) is 0 Å². The number of hydrogen-bond donors (Lipinski definition) is 1. The van der Waals surface area contributed by atoms with E-state index in [9.17, 15) is 0 Å². The van der Waals surface area contributed by atoms with Gasteiger partial charge >= 0.3 is 0 Å². The molecule has 3 aromatic rings. The van der Waals surface area contributed by atoms with E-state index >= 15 is 0 Å². The van der Waals surface area contributed by atoms with Gasteiger partial charge in [-0.05, 0) is 17.7 Å². The Kier molecular flexibility index (Phi) is 4.20. The molecule has 0 unspecified atom stereocenters. The molecule has 1 N–H and O–H groups in total. The summed E-state index contributed by atoms with van der Waals surface area (Å²) in [6.07, 6.45) is 2.43. The van der Waals surface area contributed by atoms with Gasteiger partial charge in [-0.1, -0.05) is 65.1 Å². The van der Waals surface area contributed by atoms with Crippen molar-refractivity contribution >= 4 is 34.8 Å². The lowest BCUT2D eigenvalue weighted by molar-refractivity contribution is 1.03. The third-order valence-corrected chi connectivity index (χ3v) is 4.36. The number of imidazole rings is 1. The van der Waals surface area contributed by atoms with Gasteiger partial charge in [0.15, 0.2) is 0 Å². The van der Waals surface area contributed by atoms with E-state index in [0.717, 1.165) is 22.6 Å². The molecule has 5 heteroatoms. The van der Waals surface area contributed by atoms with Gasteiger partial charge in [0.1, 0.15) is 5.82 Å². The molecule has 0 saturated heterocycles. The van der Waals surface area contributed by atoms with Crippen molar-refractivity contribution in [1.82, 2.24) is 9.97 Å². The highest BCUT2D eigenvalue weighted by Gasteiger charge is 2.10. The summed E-state index contributed by atoms with van der Waals surface area (Å²) < 4.78 is 0. The molecule has 3 rings (SSSR count). The minimum atomic E-state index is 0.548. The molecule has 106 valence electrons. The molecule has 0 radical (unpaired) electrons. The monoisotopic (exact) mass is 336 g/mol. The minimum absolute atomic E-state index is 0.548. The van der Waals surface area contributed by atoms with Crippen LogP contribution in [0.3, 0.4) is 0 Å². The summed E-state index contributed by atoms with van der Waals surface area (Å²) >= 11 is 18.4. The third kappa shape index (κ3) is 3.08. The predicted molar refractivity (Wildman–Crippen MR) is 88.3 cm³/mol. The molecule has 1 heterocycles. The molecule has 0 amide bonds. The van der Waals surface area contributed by atoms with Gasteiger partial charge in [0, 0.05) is 18.2 Å². The van der Waals surface area contributed by atoms with Gasteiger partial charge in [0.2, 0.25) is 0 Å². The standard InChI is InChI=1S/C16H11Cl3N2/c17-12-6-2-1-5-11(12)14-9-20-15(21-14)8-10-4-3-7-13(18)16(10)19/h1-7,9H,8H2,(H,20,21). The van der Waals surface area contributed by atoms with Crippen molar-refractivity contribution < 1.29 is 0 Å². The second kappa shape index (κ2) is 6.10. The van der Waals surface area contributed by atoms with Crippen LogP contribution in [0.25, 0.3) is 11.3 Å². The van der Waals surface area contributed by atoms with Gasteiger partial charge in [-0.3, -0.25) is 0 Å². The number of nitrogens with zero attached hydrogens (tertiary/aromatic N) is 1. The lowest BCUT2D eigenvalue weighted by Crippen LogP contribution is -1.92. The highest BCUT2D eigenvalue weighted by Crippen LogP contribution is 2.29. The Morgan fingerprint density at radius 3 is 2.48 bits per heavy atom. The number of H-pyrrole nitrogens is 1. The normalized spacial score (nSPS) is 10.8. The van der Waals surface area contributed by atoms with Crippen molar-refractivity contribution in [3.63, 3.8) is 0 Å². The summed E-state index contributed by atoms with van der Waals surface area (Å²) in [7, 11) is 0. The van der Waals surface area contributed by atoms with Crippen LogP contribution in [0, 0.1) is 0 Å². The zero-order valence-corrected chi connectivity index (χ0v) is 13.2. The van der Waals surface area contributed by atoms with E-state index in [1.165, 1.54) is 0 Å². The summed E-state index contributed by atoms with van der Waals surface area (Å²) in [6, 6.07) is 13.2. The lowest BCUT2D eigenvalue weighted by atomic mass is 10.1. The first-order chi connectivity index (χ1) is 10.1. The SMILES string of the molecule is Clc1ccccc1-c1c[nH]c(Cc2cccc(Cl)c2Cl)n1. The van der Waals surface area contributed by atoms with Crippen molar-refractivity contribution in [2.24, 2.45) is 0 Å². The van der Waals surface area contributed by atoms with Crippen molar-refractivity contribution in [2.75, 3.05) is 0 Å². The summed E-state index contributed by atoms with van der Waals surface area (Å²) in [5.74, 6) is 0.814. The molecule has 0 aliphatic carbocycles. The summed E-state index contributed by atoms with van der Waals surface area (Å²) in [5.41, 5.74) is 2.65. The summed E-state index contributed by atoms with van der Waals surface area (Å²) in [5, 5.41) is 1.79. The highest BCUT2D eigenvalue weighted by atomic mass is 35.5. The van der Waals surface area contributed by atoms with Crippen LogP contribution in [0.5, 0.6) is 0 Å². The van der Waals surface area contributed by atoms with Crippen molar-refractivity contribution in [3.05, 3.63) is 75.1 Å². The van der Waals surface area contributed by atoms with Crippen LogP contribution in [-0.4, -0.2) is 9.97 Å². The third-order valence-electron chi connectivity index (χ3n) is 3.17. The van der Waals surface area contributed by atoms with Crippen LogP contribution in [0.2, 0.25) is 15.1 Å². The zero-order chi connectivity index (χ0) is 14.8. The predicted octanol–water partition coefficient (Wildman–Crippen LogP) is 5.63. The van der Waals surface area contributed by atoms with Crippen LogP contribution in [0.15, 0.2) is 48.7 Å². The van der Waals surface area contributed by atoms with Crippen LogP contribution >= 0.6 is 34.8 Å². The van der Waals surface area contributed by atoms with E-state index in [2.05, 4.69) is 9.97 Å². The maximum Gasteiger partial charge on any atom is 0.111 e. The van der Waals surface area contributed by atoms with E-state index < -0.39 is 0 Å². The molecule has 2 nitrogen and oxygen atoms in total. The Morgan fingerprint density at radius 1 is 0.905 bits per heavy atom. The van der Waals surface area contributed by atoms with E-state index in [0.29, 0.717) is 21.5 Å². The fourth-order valence-corrected chi connectivity index (χ4v) is 2.74.